The Balaban J connectivity index is 1.81. The van der Waals surface area contributed by atoms with E-state index in [1.165, 1.54) is 45.6 Å². The summed E-state index contributed by atoms with van der Waals surface area (Å²) >= 11 is 0. The Bertz CT molecular complexity index is 188. The summed E-state index contributed by atoms with van der Waals surface area (Å²) in [6.07, 6.45) is 2.94. The predicted octanol–water partition coefficient (Wildman–Crippen LogP) is 1.67. The maximum Gasteiger partial charge on any atom is 0.0110 e. The maximum absolute atomic E-state index is 2.67. The largest absolute Gasteiger partial charge is 0.304 e. The molecule has 2 heteroatoms. The molecule has 1 saturated heterocycles. The lowest BCUT2D eigenvalue weighted by Crippen LogP contribution is -2.47. The smallest absolute Gasteiger partial charge is 0.0110 e. The lowest BCUT2D eigenvalue weighted by molar-refractivity contribution is 0.116. The molecule has 14 heavy (non-hydrogen) atoms. The third-order valence-electron chi connectivity index (χ3n) is 4.25. The van der Waals surface area contributed by atoms with E-state index in [9.17, 15) is 0 Å². The average Bonchev–Trinajstić information content (AvgIpc) is 2.90. The van der Waals surface area contributed by atoms with E-state index in [0.29, 0.717) is 5.41 Å². The Morgan fingerprint density at radius 3 is 2.07 bits per heavy atom. The Hall–Kier alpha value is -0.0800. The van der Waals surface area contributed by atoms with Gasteiger partial charge >= 0.3 is 0 Å². The summed E-state index contributed by atoms with van der Waals surface area (Å²) in [5.41, 5.74) is 0.704. The van der Waals surface area contributed by atoms with Crippen LogP contribution in [0.15, 0.2) is 0 Å². The number of piperazine rings is 1. The third-order valence-corrected chi connectivity index (χ3v) is 4.25. The van der Waals surface area contributed by atoms with Crippen LogP contribution in [0.3, 0.4) is 0 Å². The summed E-state index contributed by atoms with van der Waals surface area (Å²) in [4.78, 5) is 5.11. The van der Waals surface area contributed by atoms with Crippen LogP contribution < -0.4 is 0 Å². The van der Waals surface area contributed by atoms with E-state index < -0.39 is 0 Å². The molecule has 0 aromatic rings. The van der Waals surface area contributed by atoms with Gasteiger partial charge in [-0.25, -0.2) is 0 Å². The molecule has 1 saturated carbocycles. The highest BCUT2D eigenvalue weighted by Gasteiger charge is 2.46. The van der Waals surface area contributed by atoms with Crippen LogP contribution in [-0.2, 0) is 0 Å². The minimum atomic E-state index is 0.704. The Morgan fingerprint density at radius 2 is 1.64 bits per heavy atom. The molecule has 82 valence electrons. The van der Waals surface area contributed by atoms with Gasteiger partial charge in [0.25, 0.3) is 0 Å². The molecular formula is C12H24N2. The Kier molecular flexibility index (Phi) is 2.85. The molecule has 1 heterocycles. The van der Waals surface area contributed by atoms with Gasteiger partial charge in [0.2, 0.25) is 0 Å². The summed E-state index contributed by atoms with van der Waals surface area (Å²) in [6, 6.07) is 0. The molecule has 1 aliphatic heterocycles. The molecule has 2 rings (SSSR count). The Labute approximate surface area is 88.3 Å². The third kappa shape index (κ3) is 2.12. The highest BCUT2D eigenvalue weighted by atomic mass is 15.2. The van der Waals surface area contributed by atoms with Gasteiger partial charge in [-0.3, -0.25) is 0 Å². The highest BCUT2D eigenvalue weighted by Crippen LogP contribution is 2.52. The van der Waals surface area contributed by atoms with E-state index in [-0.39, 0.29) is 0 Å². The summed E-state index contributed by atoms with van der Waals surface area (Å²) in [6.45, 7) is 11.2. The molecule has 0 N–H and O–H groups in total. The van der Waals surface area contributed by atoms with Gasteiger partial charge in [-0.2, -0.15) is 0 Å². The van der Waals surface area contributed by atoms with Crippen molar-refractivity contribution in [3.8, 4) is 0 Å². The molecule has 0 atom stereocenters. The standard InChI is InChI=1S/C12H24N2/c1-11(2)12(4-5-12)10-14-8-6-13(3)7-9-14/h11H,4-10H2,1-3H3. The SMILES string of the molecule is CC(C)C1(CN2CCN(C)CC2)CC1. The minimum absolute atomic E-state index is 0.704. The fourth-order valence-electron chi connectivity index (χ4n) is 2.53. The molecule has 2 fully saturated rings. The van der Waals surface area contributed by atoms with Gasteiger partial charge in [-0.05, 0) is 31.2 Å². The molecule has 0 amide bonds. The molecule has 0 aromatic heterocycles. The van der Waals surface area contributed by atoms with Crippen molar-refractivity contribution < 1.29 is 0 Å². The summed E-state index contributed by atoms with van der Waals surface area (Å²) < 4.78 is 0. The van der Waals surface area contributed by atoms with Crippen molar-refractivity contribution in [2.45, 2.75) is 26.7 Å². The first-order valence-electron chi connectivity index (χ1n) is 6.03. The Morgan fingerprint density at radius 1 is 1.07 bits per heavy atom. The van der Waals surface area contributed by atoms with Crippen LogP contribution in [0.2, 0.25) is 0 Å². The van der Waals surface area contributed by atoms with Gasteiger partial charge in [0.15, 0.2) is 0 Å². The molecule has 2 aliphatic rings. The van der Waals surface area contributed by atoms with Crippen LogP contribution in [0, 0.1) is 11.3 Å². The first kappa shape index (κ1) is 10.4. The monoisotopic (exact) mass is 196 g/mol. The van der Waals surface area contributed by atoms with Crippen molar-refractivity contribution in [1.29, 1.82) is 0 Å². The molecule has 0 bridgehead atoms. The highest BCUT2D eigenvalue weighted by molar-refractivity contribution is 4.98. The summed E-state index contributed by atoms with van der Waals surface area (Å²) in [5, 5.41) is 0. The van der Waals surface area contributed by atoms with E-state index in [0.717, 1.165) is 5.92 Å². The second kappa shape index (κ2) is 3.82. The van der Waals surface area contributed by atoms with Crippen LogP contribution in [0.1, 0.15) is 26.7 Å². The molecule has 0 aromatic carbocycles. The van der Waals surface area contributed by atoms with Crippen LogP contribution in [0.4, 0.5) is 0 Å². The topological polar surface area (TPSA) is 6.48 Å². The van der Waals surface area contributed by atoms with Gasteiger partial charge in [-0.15, -0.1) is 0 Å². The van der Waals surface area contributed by atoms with Crippen LogP contribution in [0.5, 0.6) is 0 Å². The van der Waals surface area contributed by atoms with Crippen molar-refractivity contribution in [3.05, 3.63) is 0 Å². The summed E-state index contributed by atoms with van der Waals surface area (Å²) in [5.74, 6) is 0.877. The lowest BCUT2D eigenvalue weighted by Gasteiger charge is -2.36. The van der Waals surface area contributed by atoms with E-state index in [2.05, 4.69) is 30.7 Å². The molecule has 1 aliphatic carbocycles. The second-order valence-electron chi connectivity index (χ2n) is 5.60. The van der Waals surface area contributed by atoms with Crippen molar-refractivity contribution >= 4 is 0 Å². The fourth-order valence-corrected chi connectivity index (χ4v) is 2.53. The van der Waals surface area contributed by atoms with Gasteiger partial charge in [0, 0.05) is 32.7 Å². The van der Waals surface area contributed by atoms with E-state index in [1.54, 1.807) is 0 Å². The average molecular weight is 196 g/mol. The molecule has 0 unspecified atom stereocenters. The number of likely N-dealkylation sites (N-methyl/N-ethyl adjacent to an activating group) is 1. The lowest BCUT2D eigenvalue weighted by atomic mass is 9.91. The van der Waals surface area contributed by atoms with Crippen molar-refractivity contribution in [2.24, 2.45) is 11.3 Å². The molecular weight excluding hydrogens is 172 g/mol. The van der Waals surface area contributed by atoms with Gasteiger partial charge in [0.05, 0.1) is 0 Å². The first-order valence-corrected chi connectivity index (χ1v) is 6.03. The van der Waals surface area contributed by atoms with Gasteiger partial charge in [-0.1, -0.05) is 13.8 Å². The normalized spacial score (nSPS) is 28.3. The number of hydrogen-bond acceptors (Lipinski definition) is 2. The fraction of sp³-hybridized carbons (Fsp3) is 1.00. The van der Waals surface area contributed by atoms with Gasteiger partial charge in [0.1, 0.15) is 0 Å². The van der Waals surface area contributed by atoms with Crippen molar-refractivity contribution in [1.82, 2.24) is 9.80 Å². The van der Waals surface area contributed by atoms with Crippen LogP contribution >= 0.6 is 0 Å². The number of hydrogen-bond donors (Lipinski definition) is 0. The zero-order valence-corrected chi connectivity index (χ0v) is 9.92. The van der Waals surface area contributed by atoms with Crippen LogP contribution in [-0.4, -0.2) is 49.6 Å². The van der Waals surface area contributed by atoms with E-state index >= 15 is 0 Å². The molecule has 2 nitrogen and oxygen atoms in total. The molecule has 0 spiro atoms. The number of nitrogens with zero attached hydrogens (tertiary/aromatic N) is 2. The van der Waals surface area contributed by atoms with Crippen molar-refractivity contribution in [2.75, 3.05) is 39.8 Å². The zero-order valence-electron chi connectivity index (χ0n) is 9.92. The predicted molar refractivity (Wildman–Crippen MR) is 60.4 cm³/mol. The van der Waals surface area contributed by atoms with Crippen LogP contribution in [0.25, 0.3) is 0 Å². The zero-order chi connectivity index (χ0) is 10.2. The first-order chi connectivity index (χ1) is 6.62. The van der Waals surface area contributed by atoms with Crippen molar-refractivity contribution in [3.63, 3.8) is 0 Å². The van der Waals surface area contributed by atoms with E-state index in [4.69, 9.17) is 0 Å². The number of rotatable bonds is 3. The molecule has 0 radical (unpaired) electrons. The second-order valence-corrected chi connectivity index (χ2v) is 5.60. The minimum Gasteiger partial charge on any atom is -0.304 e. The van der Waals surface area contributed by atoms with E-state index in [1.807, 2.05) is 0 Å². The quantitative estimate of drug-likeness (QED) is 0.677. The summed E-state index contributed by atoms with van der Waals surface area (Å²) in [7, 11) is 2.23. The maximum atomic E-state index is 2.67. The van der Waals surface area contributed by atoms with Gasteiger partial charge < -0.3 is 9.80 Å².